The molecule has 3 rings (SSSR count). The summed E-state index contributed by atoms with van der Waals surface area (Å²) in [6.45, 7) is 5.24. The molecule has 7 heteroatoms. The SMILES string of the molecule is CCCC(C)C(=O)N1CC[C@H](N(Cc2cccc(F)c2F)c2ccc(C#N)c(Cl)c2)C1. The number of amides is 1. The topological polar surface area (TPSA) is 47.3 Å². The maximum Gasteiger partial charge on any atom is 0.225 e. The van der Waals surface area contributed by atoms with Crippen molar-refractivity contribution in [3.8, 4) is 6.07 Å². The number of rotatable bonds is 7. The van der Waals surface area contributed by atoms with Crippen LogP contribution in [0.15, 0.2) is 36.4 Å². The zero-order valence-corrected chi connectivity index (χ0v) is 18.5. The minimum absolute atomic E-state index is 0.0396. The van der Waals surface area contributed by atoms with Gasteiger partial charge in [-0.2, -0.15) is 5.26 Å². The quantitative estimate of drug-likeness (QED) is 0.562. The fourth-order valence-electron chi connectivity index (χ4n) is 4.12. The normalized spacial score (nSPS) is 16.8. The van der Waals surface area contributed by atoms with E-state index in [9.17, 15) is 13.6 Å². The van der Waals surface area contributed by atoms with E-state index in [1.807, 2.05) is 22.8 Å². The van der Waals surface area contributed by atoms with Crippen LogP contribution in [0.4, 0.5) is 14.5 Å². The van der Waals surface area contributed by atoms with Gasteiger partial charge in [-0.1, -0.05) is 44.0 Å². The third kappa shape index (κ3) is 5.16. The van der Waals surface area contributed by atoms with Crippen LogP contribution >= 0.6 is 11.6 Å². The highest BCUT2D eigenvalue weighted by Gasteiger charge is 2.33. The molecule has 1 fully saturated rings. The van der Waals surface area contributed by atoms with E-state index in [0.717, 1.165) is 18.9 Å². The van der Waals surface area contributed by atoms with Crippen molar-refractivity contribution in [1.29, 1.82) is 5.26 Å². The average molecular weight is 446 g/mol. The van der Waals surface area contributed by atoms with Crippen molar-refractivity contribution in [2.24, 2.45) is 5.92 Å². The molecule has 1 unspecified atom stereocenters. The van der Waals surface area contributed by atoms with E-state index < -0.39 is 11.6 Å². The van der Waals surface area contributed by atoms with Crippen LogP contribution in [0.3, 0.4) is 0 Å². The number of carbonyl (C=O) groups is 1. The number of carbonyl (C=O) groups excluding carboxylic acids is 1. The van der Waals surface area contributed by atoms with Gasteiger partial charge >= 0.3 is 0 Å². The van der Waals surface area contributed by atoms with E-state index in [4.69, 9.17) is 16.9 Å². The molecule has 164 valence electrons. The molecule has 2 atom stereocenters. The number of hydrogen-bond donors (Lipinski definition) is 0. The maximum absolute atomic E-state index is 14.4. The van der Waals surface area contributed by atoms with Crippen LogP contribution < -0.4 is 4.90 Å². The van der Waals surface area contributed by atoms with Gasteiger partial charge in [-0.3, -0.25) is 4.79 Å². The first-order valence-electron chi connectivity index (χ1n) is 10.5. The number of nitriles is 1. The molecule has 1 aliphatic rings. The number of halogens is 3. The first-order valence-corrected chi connectivity index (χ1v) is 10.9. The molecule has 4 nitrogen and oxygen atoms in total. The molecular weight excluding hydrogens is 420 g/mol. The number of hydrogen-bond acceptors (Lipinski definition) is 3. The zero-order valence-electron chi connectivity index (χ0n) is 17.7. The second-order valence-electron chi connectivity index (χ2n) is 8.03. The monoisotopic (exact) mass is 445 g/mol. The Bertz CT molecular complexity index is 991. The van der Waals surface area contributed by atoms with Crippen molar-refractivity contribution < 1.29 is 13.6 Å². The number of anilines is 1. The Morgan fingerprint density at radius 3 is 2.81 bits per heavy atom. The fourth-order valence-corrected chi connectivity index (χ4v) is 4.34. The molecule has 0 aliphatic carbocycles. The third-order valence-electron chi connectivity index (χ3n) is 5.84. The minimum Gasteiger partial charge on any atom is -0.362 e. The molecule has 0 saturated carbocycles. The summed E-state index contributed by atoms with van der Waals surface area (Å²) in [5.74, 6) is -1.69. The van der Waals surface area contributed by atoms with Crippen molar-refractivity contribution in [3.63, 3.8) is 0 Å². The lowest BCUT2D eigenvalue weighted by molar-refractivity contribution is -0.134. The predicted molar refractivity (Wildman–Crippen MR) is 118 cm³/mol. The van der Waals surface area contributed by atoms with Crippen molar-refractivity contribution in [1.82, 2.24) is 4.90 Å². The van der Waals surface area contributed by atoms with Crippen LogP contribution in [0.2, 0.25) is 5.02 Å². The summed E-state index contributed by atoms with van der Waals surface area (Å²) in [5.41, 5.74) is 1.28. The Morgan fingerprint density at radius 1 is 1.35 bits per heavy atom. The van der Waals surface area contributed by atoms with E-state index in [-0.39, 0.29) is 30.0 Å². The van der Waals surface area contributed by atoms with Crippen LogP contribution in [-0.2, 0) is 11.3 Å². The smallest absolute Gasteiger partial charge is 0.225 e. The van der Waals surface area contributed by atoms with Crippen molar-refractivity contribution in [2.75, 3.05) is 18.0 Å². The van der Waals surface area contributed by atoms with Gasteiger partial charge in [0.2, 0.25) is 5.91 Å². The zero-order chi connectivity index (χ0) is 22.5. The fraction of sp³-hybridized carbons (Fsp3) is 0.417. The first kappa shape index (κ1) is 23.0. The van der Waals surface area contributed by atoms with Crippen LogP contribution in [-0.4, -0.2) is 29.9 Å². The van der Waals surface area contributed by atoms with E-state index in [1.165, 1.54) is 6.07 Å². The second kappa shape index (κ2) is 10.1. The van der Waals surface area contributed by atoms with E-state index in [2.05, 4.69) is 6.92 Å². The Kier molecular flexibility index (Phi) is 7.50. The molecule has 2 aromatic rings. The first-order chi connectivity index (χ1) is 14.8. The second-order valence-corrected chi connectivity index (χ2v) is 8.44. The molecule has 1 aliphatic heterocycles. The highest BCUT2D eigenvalue weighted by molar-refractivity contribution is 6.32. The van der Waals surface area contributed by atoms with E-state index >= 15 is 0 Å². The van der Waals surface area contributed by atoms with E-state index in [0.29, 0.717) is 35.8 Å². The molecule has 0 bridgehead atoms. The molecule has 1 saturated heterocycles. The van der Waals surface area contributed by atoms with Gasteiger partial charge in [0.1, 0.15) is 6.07 Å². The van der Waals surface area contributed by atoms with Crippen molar-refractivity contribution >= 4 is 23.2 Å². The highest BCUT2D eigenvalue weighted by Crippen LogP contribution is 2.30. The summed E-state index contributed by atoms with van der Waals surface area (Å²) in [7, 11) is 0. The van der Waals surface area contributed by atoms with Crippen molar-refractivity contribution in [2.45, 2.75) is 45.7 Å². The summed E-state index contributed by atoms with van der Waals surface area (Å²) < 4.78 is 28.2. The lowest BCUT2D eigenvalue weighted by Gasteiger charge is -2.32. The lowest BCUT2D eigenvalue weighted by atomic mass is 10.1. The number of nitrogens with zero attached hydrogens (tertiary/aromatic N) is 3. The molecule has 0 aromatic heterocycles. The highest BCUT2D eigenvalue weighted by atomic mass is 35.5. The molecule has 0 N–H and O–H groups in total. The summed E-state index contributed by atoms with van der Waals surface area (Å²) in [6, 6.07) is 11.1. The standard InChI is InChI=1S/C24H26ClF2N3O/c1-3-5-16(2)24(31)29-11-10-20(15-29)30(14-18-6-4-7-22(26)23(18)27)19-9-8-17(13-28)21(25)12-19/h4,6-9,12,16,20H,3,5,10-11,14-15H2,1-2H3/t16?,20-/m0/s1. The van der Waals surface area contributed by atoms with Crippen LogP contribution in [0.1, 0.15) is 44.2 Å². The van der Waals surface area contributed by atoms with Gasteiger partial charge in [-0.25, -0.2) is 8.78 Å². The Balaban J connectivity index is 1.89. The van der Waals surface area contributed by atoms with E-state index in [1.54, 1.807) is 24.3 Å². The summed E-state index contributed by atoms with van der Waals surface area (Å²) in [6.07, 6.45) is 2.49. The van der Waals surface area contributed by atoms with Gasteiger partial charge in [0, 0.05) is 42.8 Å². The van der Waals surface area contributed by atoms with Gasteiger partial charge in [0.25, 0.3) is 0 Å². The van der Waals surface area contributed by atoms with Gasteiger partial charge in [0.15, 0.2) is 11.6 Å². The largest absolute Gasteiger partial charge is 0.362 e. The van der Waals surface area contributed by atoms with Crippen LogP contribution in [0.25, 0.3) is 0 Å². The van der Waals surface area contributed by atoms with Gasteiger partial charge in [-0.15, -0.1) is 0 Å². The Morgan fingerprint density at radius 2 is 2.13 bits per heavy atom. The summed E-state index contributed by atoms with van der Waals surface area (Å²) in [5, 5.41) is 9.47. The molecule has 1 amide bonds. The summed E-state index contributed by atoms with van der Waals surface area (Å²) >= 11 is 6.25. The lowest BCUT2D eigenvalue weighted by Crippen LogP contribution is -2.40. The molecule has 0 spiro atoms. The van der Waals surface area contributed by atoms with Gasteiger partial charge in [0.05, 0.1) is 10.6 Å². The predicted octanol–water partition coefficient (Wildman–Crippen LogP) is 5.53. The molecule has 2 aromatic carbocycles. The summed E-state index contributed by atoms with van der Waals surface area (Å²) in [4.78, 5) is 16.6. The number of likely N-dealkylation sites (tertiary alicyclic amines) is 1. The van der Waals surface area contributed by atoms with Crippen LogP contribution in [0.5, 0.6) is 0 Å². The average Bonchev–Trinajstić information content (AvgIpc) is 3.24. The molecule has 1 heterocycles. The minimum atomic E-state index is -0.896. The van der Waals surface area contributed by atoms with Gasteiger partial charge < -0.3 is 9.80 Å². The Hall–Kier alpha value is -2.65. The van der Waals surface area contributed by atoms with Crippen LogP contribution in [0, 0.1) is 28.9 Å². The number of benzene rings is 2. The Labute approximate surface area is 187 Å². The molecule has 0 radical (unpaired) electrons. The molecule has 31 heavy (non-hydrogen) atoms. The van der Waals surface area contributed by atoms with Gasteiger partial charge in [-0.05, 0) is 37.1 Å². The maximum atomic E-state index is 14.4. The van der Waals surface area contributed by atoms with Crippen molar-refractivity contribution in [3.05, 3.63) is 64.2 Å². The third-order valence-corrected chi connectivity index (χ3v) is 6.15. The molecular formula is C24H26ClF2N3O.